The Morgan fingerprint density at radius 3 is 2.65 bits per heavy atom. The zero-order chi connectivity index (χ0) is 15.0. The van der Waals surface area contributed by atoms with Crippen LogP contribution in [0.5, 0.6) is 0 Å². The molecule has 0 spiro atoms. The van der Waals surface area contributed by atoms with Gasteiger partial charge in [0, 0.05) is 13.1 Å². The van der Waals surface area contributed by atoms with Crippen molar-refractivity contribution < 1.29 is 9.90 Å². The summed E-state index contributed by atoms with van der Waals surface area (Å²) in [6, 6.07) is -0.191. The zero-order valence-electron chi connectivity index (χ0n) is 11.3. The molecule has 0 radical (unpaired) electrons. The van der Waals surface area contributed by atoms with Crippen LogP contribution in [-0.4, -0.2) is 36.7 Å². The third kappa shape index (κ3) is 2.17. The number of H-pyrrole nitrogens is 1. The molecule has 0 saturated carbocycles. The van der Waals surface area contributed by atoms with Gasteiger partial charge < -0.3 is 15.0 Å². The number of hydrogen-bond acceptors (Lipinski definition) is 5. The fourth-order valence-electron chi connectivity index (χ4n) is 2.01. The zero-order valence-corrected chi connectivity index (χ0v) is 11.3. The fraction of sp³-hybridized carbons (Fsp3) is 0.455. The summed E-state index contributed by atoms with van der Waals surface area (Å²) in [5.41, 5.74) is -0.656. The molecule has 2 aromatic rings. The second-order valence-electron chi connectivity index (χ2n) is 4.64. The minimum atomic E-state index is -1.05. The highest BCUT2D eigenvalue weighted by Gasteiger charge is 2.18. The molecule has 2 heterocycles. The Labute approximate surface area is 112 Å². The van der Waals surface area contributed by atoms with Gasteiger partial charge in [0.05, 0.1) is 0 Å². The maximum absolute atomic E-state index is 11.9. The minimum absolute atomic E-state index is 0.191. The maximum atomic E-state index is 11.9. The standard InChI is InChI=1S/C11H15N5O4/c1-5(2)16-8-7(9(19)14-11(16)20)15(3)10(13-8)12-4-6(17)18/h5H,4H2,1-3H3,(H,12,13)(H,17,18)(H,14,19,20). The van der Waals surface area contributed by atoms with E-state index in [2.05, 4.69) is 15.3 Å². The largest absolute Gasteiger partial charge is 0.480 e. The first-order valence-electron chi connectivity index (χ1n) is 5.99. The van der Waals surface area contributed by atoms with Gasteiger partial charge >= 0.3 is 11.7 Å². The number of imidazole rings is 1. The number of rotatable bonds is 4. The maximum Gasteiger partial charge on any atom is 0.330 e. The van der Waals surface area contributed by atoms with E-state index in [0.717, 1.165) is 0 Å². The van der Waals surface area contributed by atoms with Crippen molar-refractivity contribution in [2.45, 2.75) is 19.9 Å². The molecule has 3 N–H and O–H groups in total. The molecule has 20 heavy (non-hydrogen) atoms. The van der Waals surface area contributed by atoms with E-state index >= 15 is 0 Å². The second-order valence-corrected chi connectivity index (χ2v) is 4.64. The first kappa shape index (κ1) is 13.8. The van der Waals surface area contributed by atoms with Gasteiger partial charge in [-0.2, -0.15) is 4.98 Å². The lowest BCUT2D eigenvalue weighted by molar-refractivity contribution is -0.134. The van der Waals surface area contributed by atoms with Gasteiger partial charge in [0.15, 0.2) is 11.2 Å². The van der Waals surface area contributed by atoms with Crippen molar-refractivity contribution >= 4 is 23.1 Å². The SMILES string of the molecule is CC(C)n1c(=O)[nH]c(=O)c2c1nc(NCC(=O)O)n2C. The molecule has 0 amide bonds. The molecule has 0 aliphatic rings. The average molecular weight is 281 g/mol. The first-order chi connectivity index (χ1) is 9.32. The monoisotopic (exact) mass is 281 g/mol. The molecule has 0 fully saturated rings. The number of fused-ring (bicyclic) bond motifs is 1. The third-order valence-corrected chi connectivity index (χ3v) is 2.87. The van der Waals surface area contributed by atoms with Crippen molar-refractivity contribution in [3.05, 3.63) is 20.8 Å². The highest BCUT2D eigenvalue weighted by Crippen LogP contribution is 2.15. The third-order valence-electron chi connectivity index (χ3n) is 2.87. The van der Waals surface area contributed by atoms with E-state index in [4.69, 9.17) is 5.11 Å². The molecule has 9 heteroatoms. The van der Waals surface area contributed by atoms with Crippen LogP contribution in [0.25, 0.3) is 11.2 Å². The topological polar surface area (TPSA) is 122 Å². The van der Waals surface area contributed by atoms with Gasteiger partial charge in [0.2, 0.25) is 5.95 Å². The van der Waals surface area contributed by atoms with Crippen LogP contribution in [0.3, 0.4) is 0 Å². The Balaban J connectivity index is 2.72. The Morgan fingerprint density at radius 2 is 2.10 bits per heavy atom. The van der Waals surface area contributed by atoms with Crippen molar-refractivity contribution in [3.8, 4) is 0 Å². The predicted octanol–water partition coefficient (Wildman–Crippen LogP) is -0.499. The number of aliphatic carboxylic acids is 1. The van der Waals surface area contributed by atoms with Crippen molar-refractivity contribution in [3.63, 3.8) is 0 Å². The number of hydrogen-bond donors (Lipinski definition) is 3. The Hall–Kier alpha value is -2.58. The molecule has 2 rings (SSSR count). The summed E-state index contributed by atoms with van der Waals surface area (Å²) >= 11 is 0. The molecule has 0 saturated heterocycles. The highest BCUT2D eigenvalue weighted by atomic mass is 16.4. The average Bonchev–Trinajstić information content (AvgIpc) is 2.63. The van der Waals surface area contributed by atoms with Crippen LogP contribution < -0.4 is 16.6 Å². The van der Waals surface area contributed by atoms with Crippen LogP contribution in [0, 0.1) is 0 Å². The summed E-state index contributed by atoms with van der Waals surface area (Å²) in [6.07, 6.45) is 0. The normalized spacial score (nSPS) is 11.2. The molecule has 108 valence electrons. The fourth-order valence-corrected chi connectivity index (χ4v) is 2.01. The van der Waals surface area contributed by atoms with Gasteiger partial charge in [-0.05, 0) is 13.8 Å². The number of aromatic amines is 1. The lowest BCUT2D eigenvalue weighted by Crippen LogP contribution is -2.31. The van der Waals surface area contributed by atoms with Crippen LogP contribution in [0.4, 0.5) is 5.95 Å². The minimum Gasteiger partial charge on any atom is -0.480 e. The Morgan fingerprint density at radius 1 is 1.45 bits per heavy atom. The van der Waals surface area contributed by atoms with Crippen LogP contribution in [0.15, 0.2) is 9.59 Å². The summed E-state index contributed by atoms with van der Waals surface area (Å²) in [5, 5.41) is 11.3. The number of aryl methyl sites for hydroxylation is 1. The number of aromatic nitrogens is 4. The Kier molecular flexibility index (Phi) is 3.35. The second kappa shape index (κ2) is 4.83. The molecule has 0 aliphatic carbocycles. The van der Waals surface area contributed by atoms with Crippen molar-refractivity contribution in [2.75, 3.05) is 11.9 Å². The quantitative estimate of drug-likeness (QED) is 0.694. The van der Waals surface area contributed by atoms with Gasteiger partial charge in [-0.15, -0.1) is 0 Å². The first-order valence-corrected chi connectivity index (χ1v) is 5.99. The summed E-state index contributed by atoms with van der Waals surface area (Å²) in [7, 11) is 1.57. The van der Waals surface area contributed by atoms with Gasteiger partial charge in [-0.1, -0.05) is 0 Å². The van der Waals surface area contributed by atoms with Gasteiger partial charge in [-0.25, -0.2) is 4.79 Å². The smallest absolute Gasteiger partial charge is 0.330 e. The van der Waals surface area contributed by atoms with Gasteiger partial charge in [0.1, 0.15) is 6.54 Å². The van der Waals surface area contributed by atoms with E-state index in [0.29, 0.717) is 0 Å². The summed E-state index contributed by atoms with van der Waals surface area (Å²) in [6.45, 7) is 3.25. The summed E-state index contributed by atoms with van der Waals surface area (Å²) < 4.78 is 2.78. The number of nitrogens with zero attached hydrogens (tertiary/aromatic N) is 3. The summed E-state index contributed by atoms with van der Waals surface area (Å²) in [5.74, 6) is -0.833. The lowest BCUT2D eigenvalue weighted by atomic mass is 10.4. The highest BCUT2D eigenvalue weighted by molar-refractivity contribution is 5.76. The van der Waals surface area contributed by atoms with E-state index in [1.54, 1.807) is 20.9 Å². The van der Waals surface area contributed by atoms with Crippen LogP contribution in [0.2, 0.25) is 0 Å². The van der Waals surface area contributed by atoms with E-state index in [1.807, 2.05) is 0 Å². The van der Waals surface area contributed by atoms with Crippen molar-refractivity contribution in [1.29, 1.82) is 0 Å². The molecule has 2 aromatic heterocycles. The van der Waals surface area contributed by atoms with Crippen molar-refractivity contribution in [1.82, 2.24) is 19.1 Å². The van der Waals surface area contributed by atoms with Crippen molar-refractivity contribution in [2.24, 2.45) is 7.05 Å². The van der Waals surface area contributed by atoms with E-state index in [-0.39, 0.29) is 29.7 Å². The lowest BCUT2D eigenvalue weighted by Gasteiger charge is -2.08. The van der Waals surface area contributed by atoms with Gasteiger partial charge in [0.25, 0.3) is 5.56 Å². The van der Waals surface area contributed by atoms with E-state index < -0.39 is 17.2 Å². The predicted molar refractivity (Wildman–Crippen MR) is 72.1 cm³/mol. The molecule has 0 aromatic carbocycles. The Bertz CT molecular complexity index is 782. The molecule has 9 nitrogen and oxygen atoms in total. The summed E-state index contributed by atoms with van der Waals surface area (Å²) in [4.78, 5) is 40.7. The number of anilines is 1. The van der Waals surface area contributed by atoms with Gasteiger partial charge in [-0.3, -0.25) is 19.1 Å². The molecule has 0 bridgehead atoms. The van der Waals surface area contributed by atoms with Crippen LogP contribution >= 0.6 is 0 Å². The number of carbonyl (C=O) groups is 1. The molecule has 0 atom stereocenters. The molecular weight excluding hydrogens is 266 g/mol. The van der Waals surface area contributed by atoms with E-state index in [9.17, 15) is 14.4 Å². The van der Waals surface area contributed by atoms with E-state index in [1.165, 1.54) is 9.13 Å². The molecule has 0 aliphatic heterocycles. The van der Waals surface area contributed by atoms with Crippen LogP contribution in [-0.2, 0) is 11.8 Å². The van der Waals surface area contributed by atoms with Crippen LogP contribution in [0.1, 0.15) is 19.9 Å². The number of carboxylic acids is 1. The molecule has 0 unspecified atom stereocenters. The molecular formula is C11H15N5O4. The number of carboxylic acid groups (broad SMARTS) is 1. The number of nitrogens with one attached hydrogen (secondary N) is 2.